The van der Waals surface area contributed by atoms with Crippen molar-refractivity contribution in [3.63, 3.8) is 0 Å². The third-order valence-corrected chi connectivity index (χ3v) is 3.77. The lowest BCUT2D eigenvalue weighted by atomic mass is 9.98. The Balaban J connectivity index is 1.80. The minimum Gasteiger partial charge on any atom is -0.398 e. The molecule has 0 radical (unpaired) electrons. The Bertz CT molecular complexity index is 398. The number of hydrogen-bond acceptors (Lipinski definition) is 2. The Labute approximate surface area is 110 Å². The SMILES string of the molecule is C=CCCCCCN1CCc2cccc(N)c2C1. The highest BCUT2D eigenvalue weighted by atomic mass is 15.1. The average Bonchev–Trinajstić information content (AvgIpc) is 2.39. The number of rotatable bonds is 6. The molecule has 1 aromatic carbocycles. The van der Waals surface area contributed by atoms with Crippen molar-refractivity contribution in [3.05, 3.63) is 42.0 Å². The minimum absolute atomic E-state index is 0.962. The van der Waals surface area contributed by atoms with Crippen LogP contribution in [0.3, 0.4) is 0 Å². The first-order valence-electron chi connectivity index (χ1n) is 7.00. The van der Waals surface area contributed by atoms with Gasteiger partial charge in [-0.2, -0.15) is 0 Å². The summed E-state index contributed by atoms with van der Waals surface area (Å²) in [5.74, 6) is 0. The van der Waals surface area contributed by atoms with Gasteiger partial charge in [-0.3, -0.25) is 4.90 Å². The molecule has 0 bridgehead atoms. The van der Waals surface area contributed by atoms with Crippen LogP contribution in [-0.2, 0) is 13.0 Å². The lowest BCUT2D eigenvalue weighted by Gasteiger charge is -2.29. The molecule has 0 fully saturated rings. The van der Waals surface area contributed by atoms with Gasteiger partial charge in [-0.25, -0.2) is 0 Å². The summed E-state index contributed by atoms with van der Waals surface area (Å²) in [6, 6.07) is 6.30. The zero-order chi connectivity index (χ0) is 12.8. The summed E-state index contributed by atoms with van der Waals surface area (Å²) in [5.41, 5.74) is 9.82. The van der Waals surface area contributed by atoms with Crippen molar-refractivity contribution in [1.29, 1.82) is 0 Å². The lowest BCUT2D eigenvalue weighted by molar-refractivity contribution is 0.249. The van der Waals surface area contributed by atoms with Crippen LogP contribution in [0.15, 0.2) is 30.9 Å². The normalized spacial score (nSPS) is 15.3. The second kappa shape index (κ2) is 6.60. The van der Waals surface area contributed by atoms with Gasteiger partial charge in [-0.05, 0) is 49.4 Å². The standard InChI is InChI=1S/C16H24N2/c1-2-3-4-5-6-11-18-12-10-14-8-7-9-16(17)15(14)13-18/h2,7-9H,1,3-6,10-13,17H2. The first-order valence-corrected chi connectivity index (χ1v) is 7.00. The number of fused-ring (bicyclic) bond motifs is 1. The molecule has 2 heteroatoms. The van der Waals surface area contributed by atoms with Crippen LogP contribution in [0.1, 0.15) is 36.8 Å². The Morgan fingerprint density at radius 3 is 3.00 bits per heavy atom. The van der Waals surface area contributed by atoms with E-state index in [1.165, 1.54) is 43.5 Å². The third-order valence-electron chi connectivity index (χ3n) is 3.77. The largest absolute Gasteiger partial charge is 0.398 e. The molecule has 2 nitrogen and oxygen atoms in total. The predicted octanol–water partition coefficient (Wildman–Crippen LogP) is 3.37. The molecular weight excluding hydrogens is 220 g/mol. The fraction of sp³-hybridized carbons (Fsp3) is 0.500. The van der Waals surface area contributed by atoms with Crippen molar-refractivity contribution in [2.75, 3.05) is 18.8 Å². The van der Waals surface area contributed by atoms with Crippen LogP contribution in [-0.4, -0.2) is 18.0 Å². The molecular formula is C16H24N2. The van der Waals surface area contributed by atoms with E-state index in [9.17, 15) is 0 Å². The molecule has 2 rings (SSSR count). The highest BCUT2D eigenvalue weighted by molar-refractivity contribution is 5.51. The highest BCUT2D eigenvalue weighted by Gasteiger charge is 2.17. The molecule has 2 N–H and O–H groups in total. The van der Waals surface area contributed by atoms with E-state index < -0.39 is 0 Å². The van der Waals surface area contributed by atoms with Gasteiger partial charge in [0.05, 0.1) is 0 Å². The molecule has 1 aromatic rings. The van der Waals surface area contributed by atoms with E-state index in [0.717, 1.165) is 25.1 Å². The summed E-state index contributed by atoms with van der Waals surface area (Å²) < 4.78 is 0. The number of hydrogen-bond donors (Lipinski definition) is 1. The Morgan fingerprint density at radius 2 is 2.17 bits per heavy atom. The van der Waals surface area contributed by atoms with Crippen LogP contribution in [0.2, 0.25) is 0 Å². The molecule has 0 atom stereocenters. The molecule has 0 aliphatic carbocycles. The molecule has 1 heterocycles. The van der Waals surface area contributed by atoms with Gasteiger partial charge in [0.15, 0.2) is 0 Å². The Morgan fingerprint density at radius 1 is 1.28 bits per heavy atom. The van der Waals surface area contributed by atoms with E-state index in [4.69, 9.17) is 5.73 Å². The van der Waals surface area contributed by atoms with E-state index in [2.05, 4.69) is 23.6 Å². The summed E-state index contributed by atoms with van der Waals surface area (Å²) in [6.45, 7) is 7.17. The van der Waals surface area contributed by atoms with Crippen LogP contribution in [0.4, 0.5) is 5.69 Å². The van der Waals surface area contributed by atoms with E-state index in [1.807, 2.05) is 12.1 Å². The van der Waals surface area contributed by atoms with Crippen molar-refractivity contribution in [2.24, 2.45) is 0 Å². The summed E-state index contributed by atoms with van der Waals surface area (Å²) in [5, 5.41) is 0. The zero-order valence-corrected chi connectivity index (χ0v) is 11.2. The van der Waals surface area contributed by atoms with Gasteiger partial charge in [-0.1, -0.05) is 24.6 Å². The summed E-state index contributed by atoms with van der Waals surface area (Å²) in [7, 11) is 0. The number of benzene rings is 1. The molecule has 1 aliphatic rings. The van der Waals surface area contributed by atoms with Crippen LogP contribution in [0.5, 0.6) is 0 Å². The fourth-order valence-corrected chi connectivity index (χ4v) is 2.65. The summed E-state index contributed by atoms with van der Waals surface area (Å²) >= 11 is 0. The molecule has 1 aliphatic heterocycles. The topological polar surface area (TPSA) is 29.3 Å². The number of anilines is 1. The molecule has 0 aromatic heterocycles. The number of nitrogen functional groups attached to an aromatic ring is 1. The van der Waals surface area contributed by atoms with Crippen LogP contribution >= 0.6 is 0 Å². The van der Waals surface area contributed by atoms with Crippen molar-refractivity contribution in [1.82, 2.24) is 4.90 Å². The van der Waals surface area contributed by atoms with Gasteiger partial charge >= 0.3 is 0 Å². The maximum absolute atomic E-state index is 6.06. The zero-order valence-electron chi connectivity index (χ0n) is 11.2. The smallest absolute Gasteiger partial charge is 0.0362 e. The van der Waals surface area contributed by atoms with Crippen molar-refractivity contribution < 1.29 is 0 Å². The first-order chi connectivity index (χ1) is 8.81. The van der Waals surface area contributed by atoms with Gasteiger partial charge in [-0.15, -0.1) is 6.58 Å². The molecule has 18 heavy (non-hydrogen) atoms. The second-order valence-electron chi connectivity index (χ2n) is 5.15. The number of nitrogens with two attached hydrogens (primary N) is 1. The van der Waals surface area contributed by atoms with Crippen molar-refractivity contribution >= 4 is 5.69 Å². The fourth-order valence-electron chi connectivity index (χ4n) is 2.65. The van der Waals surface area contributed by atoms with Crippen LogP contribution in [0.25, 0.3) is 0 Å². The first kappa shape index (κ1) is 13.2. The van der Waals surface area contributed by atoms with Gasteiger partial charge in [0.2, 0.25) is 0 Å². The van der Waals surface area contributed by atoms with E-state index in [0.29, 0.717) is 0 Å². The number of allylic oxidation sites excluding steroid dienone is 1. The van der Waals surface area contributed by atoms with Crippen LogP contribution < -0.4 is 5.73 Å². The number of nitrogens with zero attached hydrogens (tertiary/aromatic N) is 1. The lowest BCUT2D eigenvalue weighted by Crippen LogP contribution is -2.31. The Hall–Kier alpha value is -1.28. The highest BCUT2D eigenvalue weighted by Crippen LogP contribution is 2.24. The summed E-state index contributed by atoms with van der Waals surface area (Å²) in [6.07, 6.45) is 8.17. The molecule has 98 valence electrons. The molecule has 0 saturated carbocycles. The minimum atomic E-state index is 0.962. The van der Waals surface area contributed by atoms with Gasteiger partial charge in [0.1, 0.15) is 0 Å². The maximum Gasteiger partial charge on any atom is 0.0362 e. The van der Waals surface area contributed by atoms with E-state index in [-0.39, 0.29) is 0 Å². The van der Waals surface area contributed by atoms with Crippen molar-refractivity contribution in [2.45, 2.75) is 38.6 Å². The average molecular weight is 244 g/mol. The van der Waals surface area contributed by atoms with E-state index >= 15 is 0 Å². The molecule has 0 spiro atoms. The van der Waals surface area contributed by atoms with Gasteiger partial charge in [0, 0.05) is 18.8 Å². The van der Waals surface area contributed by atoms with Crippen LogP contribution in [0, 0.1) is 0 Å². The molecule has 0 unspecified atom stereocenters. The monoisotopic (exact) mass is 244 g/mol. The maximum atomic E-state index is 6.06. The summed E-state index contributed by atoms with van der Waals surface area (Å²) in [4.78, 5) is 2.53. The van der Waals surface area contributed by atoms with Gasteiger partial charge in [0.25, 0.3) is 0 Å². The van der Waals surface area contributed by atoms with E-state index in [1.54, 1.807) is 0 Å². The second-order valence-corrected chi connectivity index (χ2v) is 5.15. The molecule has 0 saturated heterocycles. The number of unbranched alkanes of at least 4 members (excludes halogenated alkanes) is 3. The molecule has 0 amide bonds. The van der Waals surface area contributed by atoms with Gasteiger partial charge < -0.3 is 5.73 Å². The quantitative estimate of drug-likeness (QED) is 0.472. The predicted molar refractivity (Wildman–Crippen MR) is 78.5 cm³/mol. The van der Waals surface area contributed by atoms with Crippen molar-refractivity contribution in [3.8, 4) is 0 Å². The third kappa shape index (κ3) is 3.36. The Kier molecular flexibility index (Phi) is 4.82.